The predicted molar refractivity (Wildman–Crippen MR) is 113 cm³/mol. The summed E-state index contributed by atoms with van der Waals surface area (Å²) in [6.45, 7) is 9.26. The SMILES string of the molecule is CCN(CC)C(=O)c1ccc(NC(=O)CNc2ccccc2OC(C)C)cc1. The van der Waals surface area contributed by atoms with Crippen molar-refractivity contribution in [1.29, 1.82) is 0 Å². The Morgan fingerprint density at radius 1 is 1.00 bits per heavy atom. The van der Waals surface area contributed by atoms with Gasteiger partial charge in [0.05, 0.1) is 18.3 Å². The van der Waals surface area contributed by atoms with Crippen LogP contribution in [0.25, 0.3) is 0 Å². The third-order valence-corrected chi connectivity index (χ3v) is 4.16. The van der Waals surface area contributed by atoms with E-state index in [1.54, 1.807) is 29.2 Å². The molecule has 6 heteroatoms. The van der Waals surface area contributed by atoms with Gasteiger partial charge >= 0.3 is 0 Å². The van der Waals surface area contributed by atoms with Crippen molar-refractivity contribution in [2.45, 2.75) is 33.8 Å². The lowest BCUT2D eigenvalue weighted by Gasteiger charge is -2.18. The molecule has 2 aromatic rings. The fourth-order valence-electron chi connectivity index (χ4n) is 2.74. The minimum atomic E-state index is -0.179. The van der Waals surface area contributed by atoms with Crippen LogP contribution in [-0.4, -0.2) is 42.5 Å². The van der Waals surface area contributed by atoms with Crippen molar-refractivity contribution in [3.05, 3.63) is 54.1 Å². The van der Waals surface area contributed by atoms with Gasteiger partial charge in [0, 0.05) is 24.3 Å². The van der Waals surface area contributed by atoms with Gasteiger partial charge in [0.1, 0.15) is 5.75 Å². The van der Waals surface area contributed by atoms with Gasteiger partial charge in [-0.25, -0.2) is 0 Å². The Balaban J connectivity index is 1.93. The van der Waals surface area contributed by atoms with Crippen LogP contribution in [0, 0.1) is 0 Å². The van der Waals surface area contributed by atoms with E-state index in [-0.39, 0.29) is 24.5 Å². The summed E-state index contributed by atoms with van der Waals surface area (Å²) < 4.78 is 5.74. The highest BCUT2D eigenvalue weighted by atomic mass is 16.5. The molecule has 6 nitrogen and oxygen atoms in total. The highest BCUT2D eigenvalue weighted by molar-refractivity contribution is 5.96. The second-order valence-corrected chi connectivity index (χ2v) is 6.62. The van der Waals surface area contributed by atoms with Crippen molar-refractivity contribution < 1.29 is 14.3 Å². The summed E-state index contributed by atoms with van der Waals surface area (Å²) in [5, 5.41) is 5.93. The average Bonchev–Trinajstić information content (AvgIpc) is 2.68. The quantitative estimate of drug-likeness (QED) is 0.686. The number of para-hydroxylation sites is 2. The molecule has 0 saturated heterocycles. The topological polar surface area (TPSA) is 70.7 Å². The van der Waals surface area contributed by atoms with Crippen LogP contribution < -0.4 is 15.4 Å². The number of rotatable bonds is 9. The third kappa shape index (κ3) is 6.01. The van der Waals surface area contributed by atoms with Gasteiger partial charge in [0.2, 0.25) is 5.91 Å². The first-order valence-electron chi connectivity index (χ1n) is 9.63. The maximum atomic E-state index is 12.3. The summed E-state index contributed by atoms with van der Waals surface area (Å²) >= 11 is 0. The molecule has 0 unspecified atom stereocenters. The Morgan fingerprint density at radius 3 is 2.25 bits per heavy atom. The second-order valence-electron chi connectivity index (χ2n) is 6.62. The van der Waals surface area contributed by atoms with Crippen LogP contribution in [0.3, 0.4) is 0 Å². The Hall–Kier alpha value is -3.02. The lowest BCUT2D eigenvalue weighted by Crippen LogP contribution is -2.30. The van der Waals surface area contributed by atoms with Crippen molar-refractivity contribution in [3.8, 4) is 5.75 Å². The number of nitrogens with one attached hydrogen (secondary N) is 2. The summed E-state index contributed by atoms with van der Waals surface area (Å²) in [7, 11) is 0. The normalized spacial score (nSPS) is 10.5. The highest BCUT2D eigenvalue weighted by Gasteiger charge is 2.12. The van der Waals surface area contributed by atoms with E-state index in [0.29, 0.717) is 30.1 Å². The van der Waals surface area contributed by atoms with Crippen molar-refractivity contribution in [2.24, 2.45) is 0 Å². The van der Waals surface area contributed by atoms with Crippen LogP contribution in [0.4, 0.5) is 11.4 Å². The maximum absolute atomic E-state index is 12.3. The monoisotopic (exact) mass is 383 g/mol. The first kappa shape index (κ1) is 21.3. The lowest BCUT2D eigenvalue weighted by atomic mass is 10.1. The molecule has 2 rings (SSSR count). The van der Waals surface area contributed by atoms with Crippen LogP contribution in [0.5, 0.6) is 5.75 Å². The molecule has 0 bridgehead atoms. The number of carbonyl (C=O) groups excluding carboxylic acids is 2. The highest BCUT2D eigenvalue weighted by Crippen LogP contribution is 2.24. The number of carbonyl (C=O) groups is 2. The van der Waals surface area contributed by atoms with E-state index in [9.17, 15) is 9.59 Å². The van der Waals surface area contributed by atoms with Gasteiger partial charge in [-0.2, -0.15) is 0 Å². The molecule has 28 heavy (non-hydrogen) atoms. The molecule has 2 aromatic carbocycles. The van der Waals surface area contributed by atoms with Gasteiger partial charge in [-0.1, -0.05) is 12.1 Å². The molecule has 0 aliphatic heterocycles. The number of benzene rings is 2. The van der Waals surface area contributed by atoms with Gasteiger partial charge < -0.3 is 20.3 Å². The number of hydrogen-bond donors (Lipinski definition) is 2. The van der Waals surface area contributed by atoms with Crippen molar-refractivity contribution in [2.75, 3.05) is 30.3 Å². The standard InChI is InChI=1S/C22H29N3O3/c1-5-25(6-2)22(27)17-11-13-18(14-12-17)24-21(26)15-23-19-9-7-8-10-20(19)28-16(3)4/h7-14,16,23H,5-6,15H2,1-4H3,(H,24,26). The van der Waals surface area contributed by atoms with Crippen LogP contribution in [-0.2, 0) is 4.79 Å². The van der Waals surface area contributed by atoms with E-state index in [0.717, 1.165) is 5.69 Å². The summed E-state index contributed by atoms with van der Waals surface area (Å²) in [4.78, 5) is 26.3. The smallest absolute Gasteiger partial charge is 0.253 e. The minimum Gasteiger partial charge on any atom is -0.489 e. The third-order valence-electron chi connectivity index (χ3n) is 4.16. The number of hydrogen-bond acceptors (Lipinski definition) is 4. The maximum Gasteiger partial charge on any atom is 0.253 e. The molecule has 0 radical (unpaired) electrons. The van der Waals surface area contributed by atoms with Crippen LogP contribution in [0.15, 0.2) is 48.5 Å². The van der Waals surface area contributed by atoms with Crippen LogP contribution in [0.1, 0.15) is 38.1 Å². The molecule has 0 aromatic heterocycles. The Labute approximate surface area is 166 Å². The fourth-order valence-corrected chi connectivity index (χ4v) is 2.74. The average molecular weight is 383 g/mol. The van der Waals surface area contributed by atoms with E-state index >= 15 is 0 Å². The Morgan fingerprint density at radius 2 is 1.64 bits per heavy atom. The molecule has 0 aliphatic rings. The van der Waals surface area contributed by atoms with Crippen LogP contribution >= 0.6 is 0 Å². The molecule has 2 amide bonds. The zero-order valence-electron chi connectivity index (χ0n) is 17.0. The molecular formula is C22H29N3O3. The molecule has 0 aliphatic carbocycles. The molecule has 150 valence electrons. The predicted octanol–water partition coefficient (Wildman–Crippen LogP) is 4.01. The summed E-state index contributed by atoms with van der Waals surface area (Å²) in [5.41, 5.74) is 2.03. The van der Waals surface area contributed by atoms with E-state index in [2.05, 4.69) is 10.6 Å². The minimum absolute atomic E-state index is 0.00805. The van der Waals surface area contributed by atoms with Gasteiger partial charge in [-0.3, -0.25) is 9.59 Å². The number of amides is 2. The molecule has 0 saturated carbocycles. The first-order chi connectivity index (χ1) is 13.4. The van der Waals surface area contributed by atoms with Crippen LogP contribution in [0.2, 0.25) is 0 Å². The number of nitrogens with zero attached hydrogens (tertiary/aromatic N) is 1. The zero-order valence-corrected chi connectivity index (χ0v) is 17.0. The van der Waals surface area contributed by atoms with Gasteiger partial charge in [0.15, 0.2) is 0 Å². The van der Waals surface area contributed by atoms with E-state index in [1.165, 1.54) is 0 Å². The number of anilines is 2. The lowest BCUT2D eigenvalue weighted by molar-refractivity contribution is -0.114. The van der Waals surface area contributed by atoms with Crippen molar-refractivity contribution >= 4 is 23.2 Å². The zero-order chi connectivity index (χ0) is 20.5. The fraction of sp³-hybridized carbons (Fsp3) is 0.364. The largest absolute Gasteiger partial charge is 0.489 e. The van der Waals surface area contributed by atoms with Gasteiger partial charge in [-0.05, 0) is 64.1 Å². The van der Waals surface area contributed by atoms with Gasteiger partial charge in [0.25, 0.3) is 5.91 Å². The first-order valence-corrected chi connectivity index (χ1v) is 9.63. The van der Waals surface area contributed by atoms with Gasteiger partial charge in [-0.15, -0.1) is 0 Å². The molecule has 0 atom stereocenters. The summed E-state index contributed by atoms with van der Waals surface area (Å²) in [6.07, 6.45) is 0.0503. The summed E-state index contributed by atoms with van der Waals surface area (Å²) in [6, 6.07) is 14.5. The number of ether oxygens (including phenoxy) is 1. The van der Waals surface area contributed by atoms with E-state index in [1.807, 2.05) is 52.0 Å². The summed E-state index contributed by atoms with van der Waals surface area (Å²) in [5.74, 6) is 0.526. The molecule has 0 fully saturated rings. The Kier molecular flexibility index (Phi) is 7.87. The molecular weight excluding hydrogens is 354 g/mol. The molecule has 2 N–H and O–H groups in total. The van der Waals surface area contributed by atoms with Crippen molar-refractivity contribution in [1.82, 2.24) is 4.90 Å². The molecule has 0 heterocycles. The second kappa shape index (κ2) is 10.3. The van der Waals surface area contributed by atoms with E-state index in [4.69, 9.17) is 4.74 Å². The molecule has 0 spiro atoms. The Bertz CT molecular complexity index is 784. The van der Waals surface area contributed by atoms with E-state index < -0.39 is 0 Å². The van der Waals surface area contributed by atoms with Crippen molar-refractivity contribution in [3.63, 3.8) is 0 Å².